The van der Waals surface area contributed by atoms with Gasteiger partial charge in [0.15, 0.2) is 5.69 Å². The summed E-state index contributed by atoms with van der Waals surface area (Å²) < 4.78 is 21.0. The number of aryl methyl sites for hydroxylation is 2. The molecule has 0 aliphatic carbocycles. The Balaban J connectivity index is 1.35. The number of halogens is 1. The normalized spacial score (nSPS) is 15.6. The van der Waals surface area contributed by atoms with Crippen molar-refractivity contribution in [3.05, 3.63) is 88.5 Å². The third-order valence-corrected chi connectivity index (χ3v) is 6.91. The third kappa shape index (κ3) is 5.49. The molecule has 36 heavy (non-hydrogen) atoms. The highest BCUT2D eigenvalue weighted by Gasteiger charge is 2.32. The second-order valence-electron chi connectivity index (χ2n) is 9.36. The van der Waals surface area contributed by atoms with Crippen LogP contribution < -0.4 is 0 Å². The molecule has 5 rings (SSSR count). The standard InChI is InChI=1S/C28H31FN4O3/c29-23-10-4-8-22(18-23)19-26(34)32-13-11-25-24(20-32)27(28(35)31-14-16-36-17-15-31)30-33(25)12-5-9-21-6-2-1-3-7-21/h1-4,6-8,10,18H,5,9,11-17,19-20H2. The molecular formula is C28H31FN4O3. The molecule has 0 radical (unpaired) electrons. The number of amides is 2. The highest BCUT2D eigenvalue weighted by molar-refractivity contribution is 5.94. The number of carbonyl (C=O) groups is 2. The number of morpholine rings is 1. The monoisotopic (exact) mass is 490 g/mol. The molecule has 0 N–H and O–H groups in total. The molecule has 0 bridgehead atoms. The first kappa shape index (κ1) is 24.2. The van der Waals surface area contributed by atoms with Crippen LogP contribution in [0, 0.1) is 5.82 Å². The van der Waals surface area contributed by atoms with E-state index in [1.807, 2.05) is 22.9 Å². The molecule has 1 fully saturated rings. The maximum atomic E-state index is 13.6. The lowest BCUT2D eigenvalue weighted by atomic mass is 10.0. The Labute approximate surface area is 210 Å². The minimum atomic E-state index is -0.351. The van der Waals surface area contributed by atoms with Gasteiger partial charge in [-0.15, -0.1) is 0 Å². The molecular weight excluding hydrogens is 459 g/mol. The van der Waals surface area contributed by atoms with Crippen molar-refractivity contribution in [2.24, 2.45) is 0 Å². The molecule has 2 aliphatic heterocycles. The van der Waals surface area contributed by atoms with Crippen molar-refractivity contribution in [1.29, 1.82) is 0 Å². The fraction of sp³-hybridized carbons (Fsp3) is 0.393. The van der Waals surface area contributed by atoms with Crippen LogP contribution in [0.25, 0.3) is 0 Å². The van der Waals surface area contributed by atoms with E-state index in [0.717, 1.165) is 24.1 Å². The van der Waals surface area contributed by atoms with Crippen LogP contribution in [0.3, 0.4) is 0 Å². The van der Waals surface area contributed by atoms with Gasteiger partial charge in [0.2, 0.25) is 5.91 Å². The molecule has 2 aliphatic rings. The number of rotatable bonds is 7. The molecule has 1 saturated heterocycles. The average Bonchev–Trinajstić information content (AvgIpc) is 3.27. The zero-order valence-electron chi connectivity index (χ0n) is 20.4. The SMILES string of the molecule is O=C(Cc1cccc(F)c1)N1CCc2c(c(C(=O)N3CCOCC3)nn2CCCc2ccccc2)C1. The fourth-order valence-corrected chi connectivity index (χ4v) is 4.99. The van der Waals surface area contributed by atoms with Gasteiger partial charge >= 0.3 is 0 Å². The number of nitrogens with zero attached hydrogens (tertiary/aromatic N) is 4. The minimum Gasteiger partial charge on any atom is -0.378 e. The van der Waals surface area contributed by atoms with Crippen LogP contribution in [0.1, 0.15) is 39.3 Å². The molecule has 0 saturated carbocycles. The minimum absolute atomic E-state index is 0.0761. The second-order valence-corrected chi connectivity index (χ2v) is 9.36. The summed E-state index contributed by atoms with van der Waals surface area (Å²) >= 11 is 0. The predicted octanol–water partition coefficient (Wildman–Crippen LogP) is 3.25. The summed E-state index contributed by atoms with van der Waals surface area (Å²) in [6, 6.07) is 16.5. The average molecular weight is 491 g/mol. The number of hydrogen-bond acceptors (Lipinski definition) is 4. The Morgan fingerprint density at radius 1 is 0.944 bits per heavy atom. The van der Waals surface area contributed by atoms with Gasteiger partial charge in [0, 0.05) is 50.4 Å². The van der Waals surface area contributed by atoms with Gasteiger partial charge in [0.25, 0.3) is 5.91 Å². The maximum Gasteiger partial charge on any atom is 0.274 e. The number of ether oxygens (including phenoxy) is 1. The van der Waals surface area contributed by atoms with Crippen molar-refractivity contribution < 1.29 is 18.7 Å². The molecule has 2 aromatic carbocycles. The smallest absolute Gasteiger partial charge is 0.274 e. The van der Waals surface area contributed by atoms with Gasteiger partial charge in [0.05, 0.1) is 19.6 Å². The molecule has 0 spiro atoms. The summed E-state index contributed by atoms with van der Waals surface area (Å²) in [5.74, 6) is -0.528. The first-order chi connectivity index (χ1) is 17.6. The van der Waals surface area contributed by atoms with Crippen molar-refractivity contribution in [3.63, 3.8) is 0 Å². The highest BCUT2D eigenvalue weighted by atomic mass is 19.1. The topological polar surface area (TPSA) is 67.7 Å². The van der Waals surface area contributed by atoms with E-state index in [4.69, 9.17) is 9.84 Å². The molecule has 2 amide bonds. The molecule has 7 nitrogen and oxygen atoms in total. The zero-order valence-corrected chi connectivity index (χ0v) is 20.4. The van der Waals surface area contributed by atoms with Crippen molar-refractivity contribution >= 4 is 11.8 Å². The van der Waals surface area contributed by atoms with Gasteiger partial charge in [-0.1, -0.05) is 42.5 Å². The third-order valence-electron chi connectivity index (χ3n) is 6.91. The molecule has 0 unspecified atom stereocenters. The van der Waals surface area contributed by atoms with E-state index in [9.17, 15) is 14.0 Å². The number of fused-ring (bicyclic) bond motifs is 1. The first-order valence-electron chi connectivity index (χ1n) is 12.6. The Morgan fingerprint density at radius 2 is 1.72 bits per heavy atom. The Hall–Kier alpha value is -3.52. The van der Waals surface area contributed by atoms with E-state index >= 15 is 0 Å². The van der Waals surface area contributed by atoms with Crippen LogP contribution in [0.4, 0.5) is 4.39 Å². The molecule has 3 heterocycles. The van der Waals surface area contributed by atoms with Gasteiger partial charge in [-0.3, -0.25) is 14.3 Å². The summed E-state index contributed by atoms with van der Waals surface area (Å²) in [5, 5.41) is 4.78. The fourth-order valence-electron chi connectivity index (χ4n) is 4.99. The van der Waals surface area contributed by atoms with E-state index in [0.29, 0.717) is 63.6 Å². The first-order valence-corrected chi connectivity index (χ1v) is 12.6. The zero-order chi connectivity index (χ0) is 24.9. The van der Waals surface area contributed by atoms with Crippen molar-refractivity contribution in [3.8, 4) is 0 Å². The van der Waals surface area contributed by atoms with Crippen LogP contribution in [-0.4, -0.2) is 64.2 Å². The predicted molar refractivity (Wildman–Crippen MR) is 133 cm³/mol. The van der Waals surface area contributed by atoms with Crippen LogP contribution in [0.5, 0.6) is 0 Å². The lowest BCUT2D eigenvalue weighted by molar-refractivity contribution is -0.131. The van der Waals surface area contributed by atoms with Crippen molar-refractivity contribution in [1.82, 2.24) is 19.6 Å². The van der Waals surface area contributed by atoms with Crippen molar-refractivity contribution in [2.45, 2.75) is 38.8 Å². The number of carbonyl (C=O) groups excluding carboxylic acids is 2. The van der Waals surface area contributed by atoms with E-state index in [-0.39, 0.29) is 24.1 Å². The van der Waals surface area contributed by atoms with E-state index < -0.39 is 0 Å². The van der Waals surface area contributed by atoms with Gasteiger partial charge in [-0.2, -0.15) is 5.10 Å². The van der Waals surface area contributed by atoms with Gasteiger partial charge in [0.1, 0.15) is 5.82 Å². The quantitative estimate of drug-likeness (QED) is 0.510. The van der Waals surface area contributed by atoms with Crippen molar-refractivity contribution in [2.75, 3.05) is 32.8 Å². The van der Waals surface area contributed by atoms with Gasteiger partial charge in [-0.05, 0) is 36.1 Å². The summed E-state index contributed by atoms with van der Waals surface area (Å²) in [4.78, 5) is 30.1. The Morgan fingerprint density at radius 3 is 2.50 bits per heavy atom. The largest absolute Gasteiger partial charge is 0.378 e. The Kier molecular flexibility index (Phi) is 7.41. The molecule has 0 atom stereocenters. The number of benzene rings is 2. The summed E-state index contributed by atoms with van der Waals surface area (Å²) in [6.45, 7) is 3.72. The molecule has 188 valence electrons. The van der Waals surface area contributed by atoms with E-state index in [1.165, 1.54) is 17.7 Å². The van der Waals surface area contributed by atoms with Crippen LogP contribution in [-0.2, 0) is 41.9 Å². The summed E-state index contributed by atoms with van der Waals surface area (Å²) in [6.07, 6.45) is 2.61. The molecule has 1 aromatic heterocycles. The number of hydrogen-bond donors (Lipinski definition) is 0. The lowest BCUT2D eigenvalue weighted by Gasteiger charge is -2.29. The molecule has 3 aromatic rings. The summed E-state index contributed by atoms with van der Waals surface area (Å²) in [7, 11) is 0. The van der Waals surface area contributed by atoms with Crippen LogP contribution in [0.2, 0.25) is 0 Å². The number of aromatic nitrogens is 2. The Bertz CT molecular complexity index is 1220. The lowest BCUT2D eigenvalue weighted by Crippen LogP contribution is -2.42. The highest BCUT2D eigenvalue weighted by Crippen LogP contribution is 2.25. The van der Waals surface area contributed by atoms with Gasteiger partial charge < -0.3 is 14.5 Å². The van der Waals surface area contributed by atoms with E-state index in [2.05, 4.69) is 12.1 Å². The molecule has 8 heteroatoms. The van der Waals surface area contributed by atoms with E-state index in [1.54, 1.807) is 21.9 Å². The second kappa shape index (κ2) is 11.0. The maximum absolute atomic E-state index is 13.6. The van der Waals surface area contributed by atoms with Crippen LogP contribution >= 0.6 is 0 Å². The van der Waals surface area contributed by atoms with Gasteiger partial charge in [-0.25, -0.2) is 4.39 Å². The van der Waals surface area contributed by atoms with Crippen LogP contribution in [0.15, 0.2) is 54.6 Å². The summed E-state index contributed by atoms with van der Waals surface area (Å²) in [5.41, 5.74) is 4.23.